The van der Waals surface area contributed by atoms with Gasteiger partial charge in [0.25, 0.3) is 11.6 Å². The minimum absolute atomic E-state index is 0.0985. The predicted molar refractivity (Wildman–Crippen MR) is 141 cm³/mol. The van der Waals surface area contributed by atoms with Crippen LogP contribution in [0, 0.1) is 12.7 Å². The molecule has 0 saturated carbocycles. The molecule has 2 aromatic carbocycles. The number of aliphatic hydroxyl groups excluding tert-OH is 1. The van der Waals surface area contributed by atoms with Crippen LogP contribution in [0.15, 0.2) is 66.0 Å². The summed E-state index contributed by atoms with van der Waals surface area (Å²) in [5.41, 5.74) is 0.525. The number of aromatic nitrogens is 3. The summed E-state index contributed by atoms with van der Waals surface area (Å²) in [5.74, 6) is 0.000140. The molecule has 10 nitrogen and oxygen atoms in total. The molecule has 2 aromatic heterocycles. The van der Waals surface area contributed by atoms with Gasteiger partial charge in [-0.15, -0.1) is 0 Å². The Bertz CT molecular complexity index is 1680. The van der Waals surface area contributed by atoms with Crippen molar-refractivity contribution in [3.05, 3.63) is 83.5 Å². The fraction of sp³-hybridized carbons (Fsp3) is 0.259. The number of carbonyl (C=O) groups is 1. The summed E-state index contributed by atoms with van der Waals surface area (Å²) in [5, 5.41) is 18.7. The number of ether oxygens (including phenoxy) is 1. The van der Waals surface area contributed by atoms with Gasteiger partial charge in [-0.2, -0.15) is 4.37 Å². The summed E-state index contributed by atoms with van der Waals surface area (Å²) in [6.07, 6.45) is 7.75. The average molecular weight is 547 g/mol. The highest BCUT2D eigenvalue weighted by molar-refractivity contribution is 7.13. The Morgan fingerprint density at radius 3 is 2.82 bits per heavy atom. The van der Waals surface area contributed by atoms with Crippen molar-refractivity contribution in [2.45, 2.75) is 24.7 Å². The smallest absolute Gasteiger partial charge is 0.266 e. The molecule has 3 aliphatic rings. The van der Waals surface area contributed by atoms with Crippen LogP contribution in [-0.4, -0.2) is 61.0 Å². The van der Waals surface area contributed by atoms with E-state index in [2.05, 4.69) is 19.8 Å². The summed E-state index contributed by atoms with van der Waals surface area (Å²) < 4.78 is 27.5. The van der Waals surface area contributed by atoms with E-state index in [0.29, 0.717) is 30.1 Å². The Balaban J connectivity index is 1.35. The molecule has 4 aromatic rings. The summed E-state index contributed by atoms with van der Waals surface area (Å²) in [7, 11) is 0. The number of nitrogens with one attached hydrogen (secondary N) is 1. The quantitative estimate of drug-likeness (QED) is 0.405. The van der Waals surface area contributed by atoms with E-state index < -0.39 is 23.8 Å². The number of aryl methyl sites for hydroxylation is 1. The van der Waals surface area contributed by atoms with E-state index in [1.807, 2.05) is 35.9 Å². The lowest BCUT2D eigenvalue weighted by atomic mass is 9.93. The number of benzene rings is 2. The van der Waals surface area contributed by atoms with Crippen LogP contribution in [0.25, 0.3) is 21.8 Å². The Morgan fingerprint density at radius 1 is 1.26 bits per heavy atom. The Labute approximate surface area is 226 Å². The second kappa shape index (κ2) is 8.61. The number of morpholine rings is 1. The van der Waals surface area contributed by atoms with E-state index >= 15 is 0 Å². The highest BCUT2D eigenvalue weighted by atomic mass is 32.1. The van der Waals surface area contributed by atoms with Crippen molar-refractivity contribution < 1.29 is 23.9 Å². The summed E-state index contributed by atoms with van der Waals surface area (Å²) in [4.78, 5) is 25.1. The lowest BCUT2D eigenvalue weighted by Gasteiger charge is -2.44. The molecule has 7 rings (SSSR count). The Morgan fingerprint density at radius 2 is 2.10 bits per heavy atom. The van der Waals surface area contributed by atoms with Gasteiger partial charge in [-0.3, -0.25) is 4.79 Å². The molecule has 39 heavy (non-hydrogen) atoms. The third-order valence-corrected chi connectivity index (χ3v) is 8.29. The number of hydrogen-bond acceptors (Lipinski definition) is 9. The Kier molecular flexibility index (Phi) is 5.26. The monoisotopic (exact) mass is 546 g/mol. The molecule has 1 amide bonds. The highest BCUT2D eigenvalue weighted by Crippen LogP contribution is 2.44. The fourth-order valence-corrected chi connectivity index (χ4v) is 6.22. The maximum atomic E-state index is 13.7. The molecule has 2 N–H and O–H groups in total. The highest BCUT2D eigenvalue weighted by Gasteiger charge is 2.59. The van der Waals surface area contributed by atoms with E-state index in [4.69, 9.17) is 9.57 Å². The Hall–Kier alpha value is -4.29. The van der Waals surface area contributed by atoms with E-state index in [9.17, 15) is 14.3 Å². The molecule has 0 aliphatic carbocycles. The maximum absolute atomic E-state index is 13.7. The number of halogens is 1. The van der Waals surface area contributed by atoms with Crippen molar-refractivity contribution in [2.24, 2.45) is 5.16 Å². The van der Waals surface area contributed by atoms with Gasteiger partial charge in [-0.25, -0.2) is 9.37 Å². The number of oxime groups is 1. The minimum Gasteiger partial charge on any atom is -0.471 e. The topological polar surface area (TPSA) is 114 Å². The molecule has 5 heterocycles. The number of imidazole rings is 1. The van der Waals surface area contributed by atoms with Gasteiger partial charge in [0, 0.05) is 36.3 Å². The van der Waals surface area contributed by atoms with E-state index in [0.717, 1.165) is 27.0 Å². The number of hydrogen-bond donors (Lipinski definition) is 2. The first-order valence-electron chi connectivity index (χ1n) is 12.4. The van der Waals surface area contributed by atoms with Gasteiger partial charge in [0.1, 0.15) is 12.4 Å². The standard InChI is InChI=1S/C27H23FN6O4S/c1-16-12-33(15-30-16)21-7-2-17(20-11-31-39-23(20)21)10-22-24-32-38-27(14-35,18-3-5-19(28)6-4-18)34(24)13-26(37-22)8-9-29-25(26)36/h2-7,10-12,15,35H,8-9,13-14H2,1H3,(H,29,36)/b22-10-. The molecule has 0 radical (unpaired) electrons. The van der Waals surface area contributed by atoms with Crippen LogP contribution >= 0.6 is 11.5 Å². The van der Waals surface area contributed by atoms with Crippen LogP contribution in [0.3, 0.4) is 0 Å². The van der Waals surface area contributed by atoms with Crippen molar-refractivity contribution in [3.63, 3.8) is 0 Å². The first-order valence-corrected chi connectivity index (χ1v) is 13.2. The maximum Gasteiger partial charge on any atom is 0.266 e. The second-order valence-electron chi connectivity index (χ2n) is 9.82. The first kappa shape index (κ1) is 23.8. The summed E-state index contributed by atoms with van der Waals surface area (Å²) in [6.45, 7) is 2.01. The largest absolute Gasteiger partial charge is 0.471 e. The molecule has 2 saturated heterocycles. The van der Waals surface area contributed by atoms with Crippen LogP contribution in [-0.2, 0) is 20.1 Å². The number of carbonyl (C=O) groups excluding carboxylic acids is 1. The van der Waals surface area contributed by atoms with Gasteiger partial charge in [0.15, 0.2) is 5.76 Å². The molecule has 2 unspecified atom stereocenters. The van der Waals surface area contributed by atoms with Crippen molar-refractivity contribution in [1.29, 1.82) is 0 Å². The molecule has 3 aliphatic heterocycles. The second-order valence-corrected chi connectivity index (χ2v) is 10.6. The molecule has 12 heteroatoms. The summed E-state index contributed by atoms with van der Waals surface area (Å²) in [6, 6.07) is 9.62. The number of amidine groups is 1. The third kappa shape index (κ3) is 3.55. The molecule has 2 atom stereocenters. The van der Waals surface area contributed by atoms with Crippen LogP contribution in [0.1, 0.15) is 23.2 Å². The molecule has 198 valence electrons. The van der Waals surface area contributed by atoms with Gasteiger partial charge >= 0.3 is 0 Å². The summed E-state index contributed by atoms with van der Waals surface area (Å²) >= 11 is 1.37. The van der Waals surface area contributed by atoms with Gasteiger partial charge < -0.3 is 29.5 Å². The minimum atomic E-state index is -1.44. The first-order chi connectivity index (χ1) is 18.9. The van der Waals surface area contributed by atoms with Crippen LogP contribution in [0.4, 0.5) is 4.39 Å². The van der Waals surface area contributed by atoms with Crippen LogP contribution in [0.2, 0.25) is 0 Å². The van der Waals surface area contributed by atoms with Crippen molar-refractivity contribution in [2.75, 3.05) is 19.7 Å². The zero-order valence-electron chi connectivity index (χ0n) is 20.8. The lowest BCUT2D eigenvalue weighted by Crippen LogP contribution is -2.61. The van der Waals surface area contributed by atoms with E-state index in [-0.39, 0.29) is 12.5 Å². The van der Waals surface area contributed by atoms with Gasteiger partial charge in [0.2, 0.25) is 11.4 Å². The van der Waals surface area contributed by atoms with Crippen molar-refractivity contribution in [3.8, 4) is 5.69 Å². The lowest BCUT2D eigenvalue weighted by molar-refractivity contribution is -0.165. The molecular formula is C27H23FN6O4S. The van der Waals surface area contributed by atoms with Crippen molar-refractivity contribution in [1.82, 2.24) is 24.1 Å². The van der Waals surface area contributed by atoms with E-state index in [1.165, 1.54) is 23.7 Å². The van der Waals surface area contributed by atoms with Crippen LogP contribution < -0.4 is 5.32 Å². The number of nitrogens with zero attached hydrogens (tertiary/aromatic N) is 5. The van der Waals surface area contributed by atoms with Gasteiger partial charge in [-0.05, 0) is 60.4 Å². The SMILES string of the molecule is Cc1cn(-c2ccc(/C=C3\OC4(CCNC4=O)CN4C3=NOC4(CO)c3ccc(F)cc3)c3cnsc23)cn1. The molecular weight excluding hydrogens is 523 g/mol. The van der Waals surface area contributed by atoms with Gasteiger partial charge in [-0.1, -0.05) is 11.2 Å². The molecule has 0 bridgehead atoms. The number of fused-ring (bicyclic) bond motifs is 2. The number of aliphatic hydroxyl groups is 1. The average Bonchev–Trinajstić information content (AvgIpc) is 3.73. The normalized spacial score (nSPS) is 25.1. The number of amides is 1. The zero-order valence-corrected chi connectivity index (χ0v) is 21.6. The predicted octanol–water partition coefficient (Wildman–Crippen LogP) is 3.05. The third-order valence-electron chi connectivity index (χ3n) is 7.46. The fourth-order valence-electron chi connectivity index (χ4n) is 5.42. The van der Waals surface area contributed by atoms with Gasteiger partial charge in [0.05, 0.1) is 29.0 Å². The zero-order chi connectivity index (χ0) is 26.8. The molecule has 2 fully saturated rings. The van der Waals surface area contributed by atoms with Crippen LogP contribution in [0.5, 0.6) is 0 Å². The molecule has 1 spiro atoms. The van der Waals surface area contributed by atoms with E-state index in [1.54, 1.807) is 29.6 Å². The number of rotatable bonds is 4. The van der Waals surface area contributed by atoms with Crippen molar-refractivity contribution >= 4 is 39.4 Å².